The van der Waals surface area contributed by atoms with E-state index in [4.69, 9.17) is 0 Å². The summed E-state index contributed by atoms with van der Waals surface area (Å²) in [5.41, 5.74) is 1.24. The molecule has 0 aromatic heterocycles. The summed E-state index contributed by atoms with van der Waals surface area (Å²) in [7, 11) is 0. The zero-order valence-electron chi connectivity index (χ0n) is 12.7. The molecule has 0 atom stereocenters. The van der Waals surface area contributed by atoms with Crippen molar-refractivity contribution < 1.29 is 19.6 Å². The van der Waals surface area contributed by atoms with Gasteiger partial charge in [0.15, 0.2) is 5.78 Å². The van der Waals surface area contributed by atoms with Gasteiger partial charge in [0.1, 0.15) is 5.70 Å². The third kappa shape index (κ3) is 4.26. The fourth-order valence-corrected chi connectivity index (χ4v) is 1.91. The predicted molar refractivity (Wildman–Crippen MR) is 87.9 cm³/mol. The van der Waals surface area contributed by atoms with Crippen molar-refractivity contribution in [1.82, 2.24) is 0 Å². The molecule has 0 aliphatic heterocycles. The Morgan fingerprint density at radius 2 is 1.67 bits per heavy atom. The van der Waals surface area contributed by atoms with Crippen molar-refractivity contribution >= 4 is 23.1 Å². The summed E-state index contributed by atoms with van der Waals surface area (Å²) in [4.78, 5) is 33.5. The normalized spacial score (nSPS) is 11.0. The van der Waals surface area contributed by atoms with Gasteiger partial charge in [0.2, 0.25) is 0 Å². The smallest absolute Gasteiger partial charge is 0.352 e. The summed E-state index contributed by atoms with van der Waals surface area (Å²) in [6.45, 7) is 1.88. The molecule has 2 aromatic rings. The van der Waals surface area contributed by atoms with Gasteiger partial charge in [0, 0.05) is 29.5 Å². The molecule has 24 heavy (non-hydrogen) atoms. The number of ketones is 1. The zero-order chi connectivity index (χ0) is 17.7. The molecule has 7 nitrogen and oxygen atoms in total. The van der Waals surface area contributed by atoms with Gasteiger partial charge in [-0.1, -0.05) is 29.8 Å². The van der Waals surface area contributed by atoms with Gasteiger partial charge in [-0.15, -0.1) is 0 Å². The van der Waals surface area contributed by atoms with Gasteiger partial charge in [0.25, 0.3) is 5.69 Å². The lowest BCUT2D eigenvalue weighted by molar-refractivity contribution is -0.384. The number of nitrogens with one attached hydrogen (secondary N) is 1. The second-order valence-corrected chi connectivity index (χ2v) is 5.02. The fraction of sp³-hybridized carbons (Fsp3) is 0.0588. The Morgan fingerprint density at radius 1 is 1.08 bits per heavy atom. The first-order valence-electron chi connectivity index (χ1n) is 6.94. The van der Waals surface area contributed by atoms with Gasteiger partial charge in [0.05, 0.1) is 4.92 Å². The lowest BCUT2D eigenvalue weighted by Crippen LogP contribution is -2.13. The Morgan fingerprint density at radius 3 is 2.17 bits per heavy atom. The van der Waals surface area contributed by atoms with E-state index in [1.165, 1.54) is 24.3 Å². The van der Waals surface area contributed by atoms with Crippen LogP contribution in [0.25, 0.3) is 0 Å². The average Bonchev–Trinajstić information content (AvgIpc) is 2.55. The molecule has 0 saturated carbocycles. The number of nitro groups is 1. The van der Waals surface area contributed by atoms with E-state index in [1.807, 2.05) is 6.92 Å². The van der Waals surface area contributed by atoms with Crippen LogP contribution in [0.5, 0.6) is 0 Å². The fourth-order valence-electron chi connectivity index (χ4n) is 1.91. The number of aryl methyl sites for hydroxylation is 1. The maximum atomic E-state index is 12.1. The van der Waals surface area contributed by atoms with Gasteiger partial charge in [-0.3, -0.25) is 14.9 Å². The van der Waals surface area contributed by atoms with E-state index in [2.05, 4.69) is 5.32 Å². The van der Waals surface area contributed by atoms with Crippen molar-refractivity contribution in [2.75, 3.05) is 5.32 Å². The van der Waals surface area contributed by atoms with Gasteiger partial charge >= 0.3 is 5.97 Å². The van der Waals surface area contributed by atoms with E-state index < -0.39 is 16.7 Å². The van der Waals surface area contributed by atoms with Crippen molar-refractivity contribution in [2.24, 2.45) is 0 Å². The molecule has 2 aromatic carbocycles. The quantitative estimate of drug-likeness (QED) is 0.365. The van der Waals surface area contributed by atoms with E-state index in [-0.39, 0.29) is 11.4 Å². The molecule has 0 fully saturated rings. The van der Waals surface area contributed by atoms with Gasteiger partial charge in [-0.2, -0.15) is 0 Å². The van der Waals surface area contributed by atoms with Crippen LogP contribution < -0.4 is 5.32 Å². The van der Waals surface area contributed by atoms with E-state index in [1.54, 1.807) is 24.3 Å². The lowest BCUT2D eigenvalue weighted by atomic mass is 10.1. The minimum Gasteiger partial charge on any atom is -0.477 e. The molecule has 0 amide bonds. The van der Waals surface area contributed by atoms with Gasteiger partial charge < -0.3 is 10.4 Å². The number of allylic oxidation sites excluding steroid dienone is 1. The summed E-state index contributed by atoms with van der Waals surface area (Å²) in [6, 6.07) is 11.9. The minimum absolute atomic E-state index is 0.114. The maximum absolute atomic E-state index is 12.1. The molecule has 0 radical (unpaired) electrons. The molecule has 0 bridgehead atoms. The molecule has 0 spiro atoms. The van der Waals surface area contributed by atoms with Crippen LogP contribution in [0.15, 0.2) is 60.3 Å². The van der Waals surface area contributed by atoms with E-state index >= 15 is 0 Å². The molecular formula is C17H14N2O5. The van der Waals surface area contributed by atoms with Crippen molar-refractivity contribution in [3.05, 3.63) is 81.5 Å². The zero-order valence-corrected chi connectivity index (χ0v) is 12.7. The van der Waals surface area contributed by atoms with Crippen LogP contribution in [0, 0.1) is 17.0 Å². The van der Waals surface area contributed by atoms with Gasteiger partial charge in [-0.05, 0) is 19.1 Å². The number of non-ortho nitro benzene ring substituents is 1. The van der Waals surface area contributed by atoms with Crippen LogP contribution >= 0.6 is 0 Å². The van der Waals surface area contributed by atoms with Crippen molar-refractivity contribution in [3.63, 3.8) is 0 Å². The van der Waals surface area contributed by atoms with E-state index in [9.17, 15) is 24.8 Å². The number of carbonyl (C=O) groups is 2. The number of benzene rings is 2. The highest BCUT2D eigenvalue weighted by molar-refractivity contribution is 6.09. The van der Waals surface area contributed by atoms with Crippen LogP contribution in [0.2, 0.25) is 0 Å². The molecule has 2 N–H and O–H groups in total. The first kappa shape index (κ1) is 16.9. The number of carbonyl (C=O) groups excluding carboxylic acids is 1. The summed E-state index contributed by atoms with van der Waals surface area (Å²) < 4.78 is 0. The summed E-state index contributed by atoms with van der Waals surface area (Å²) in [5.74, 6) is -1.77. The largest absolute Gasteiger partial charge is 0.477 e. The highest BCUT2D eigenvalue weighted by Crippen LogP contribution is 2.17. The SMILES string of the molecule is Cc1ccc(C(=O)C=C(Nc2ccc([N+](=O)[O-])cc2)C(=O)O)cc1. The molecule has 122 valence electrons. The first-order chi connectivity index (χ1) is 11.4. The van der Waals surface area contributed by atoms with E-state index in [0.29, 0.717) is 11.3 Å². The number of hydrogen-bond donors (Lipinski definition) is 2. The Balaban J connectivity index is 2.22. The van der Waals surface area contributed by atoms with Gasteiger partial charge in [-0.25, -0.2) is 4.79 Å². The minimum atomic E-state index is -1.31. The Bertz CT molecular complexity index is 808. The van der Waals surface area contributed by atoms with E-state index in [0.717, 1.165) is 11.6 Å². The second kappa shape index (κ2) is 7.19. The third-order valence-electron chi connectivity index (χ3n) is 3.20. The van der Waals surface area contributed by atoms with Crippen LogP contribution in [-0.4, -0.2) is 21.8 Å². The molecular weight excluding hydrogens is 312 g/mol. The van der Waals surface area contributed by atoms with Crippen molar-refractivity contribution in [1.29, 1.82) is 0 Å². The Labute approximate surface area is 137 Å². The monoisotopic (exact) mass is 326 g/mol. The number of carboxylic acids is 1. The summed E-state index contributed by atoms with van der Waals surface area (Å²) in [5, 5.41) is 22.4. The second-order valence-electron chi connectivity index (χ2n) is 5.02. The molecule has 0 saturated heterocycles. The number of rotatable bonds is 6. The number of anilines is 1. The molecule has 7 heteroatoms. The standard InChI is InChI=1S/C17H14N2O5/c1-11-2-4-12(5-3-11)16(20)10-15(17(21)22)18-13-6-8-14(9-7-13)19(23)24/h2-10,18H,1H3,(H,21,22). The molecule has 0 unspecified atom stereocenters. The Kier molecular flexibility index (Phi) is 5.06. The predicted octanol–water partition coefficient (Wildman–Crippen LogP) is 3.17. The highest BCUT2D eigenvalue weighted by atomic mass is 16.6. The van der Waals surface area contributed by atoms with Crippen LogP contribution in [0.4, 0.5) is 11.4 Å². The highest BCUT2D eigenvalue weighted by Gasteiger charge is 2.12. The Hall–Kier alpha value is -3.48. The number of carboxylic acid groups (broad SMARTS) is 1. The summed E-state index contributed by atoms with van der Waals surface area (Å²) in [6.07, 6.45) is 0.981. The molecule has 0 heterocycles. The van der Waals surface area contributed by atoms with Crippen molar-refractivity contribution in [2.45, 2.75) is 6.92 Å². The van der Waals surface area contributed by atoms with Crippen molar-refractivity contribution in [3.8, 4) is 0 Å². The maximum Gasteiger partial charge on any atom is 0.352 e. The first-order valence-corrected chi connectivity index (χ1v) is 6.94. The number of nitro benzene ring substituents is 1. The molecule has 2 rings (SSSR count). The number of nitrogens with zero attached hydrogens (tertiary/aromatic N) is 1. The number of hydrogen-bond acceptors (Lipinski definition) is 5. The van der Waals surface area contributed by atoms with Crippen LogP contribution in [0.1, 0.15) is 15.9 Å². The topological polar surface area (TPSA) is 110 Å². The number of aliphatic carboxylic acids is 1. The molecule has 0 aliphatic carbocycles. The third-order valence-corrected chi connectivity index (χ3v) is 3.20. The molecule has 0 aliphatic rings. The van der Waals surface area contributed by atoms with Crippen LogP contribution in [0.3, 0.4) is 0 Å². The lowest BCUT2D eigenvalue weighted by Gasteiger charge is -2.07. The van der Waals surface area contributed by atoms with Crippen LogP contribution in [-0.2, 0) is 4.79 Å². The summed E-state index contributed by atoms with van der Waals surface area (Å²) >= 11 is 0. The average molecular weight is 326 g/mol.